The van der Waals surface area contributed by atoms with Crippen LogP contribution in [0, 0.1) is 0 Å². The highest BCUT2D eigenvalue weighted by atomic mass is 16.2. The molecule has 1 aliphatic rings. The number of nitrogens with one attached hydrogen (secondary N) is 1. The maximum absolute atomic E-state index is 12.5. The molecule has 0 saturated carbocycles. The van der Waals surface area contributed by atoms with Gasteiger partial charge in [0, 0.05) is 19.1 Å². The second-order valence-corrected chi connectivity index (χ2v) is 5.73. The minimum absolute atomic E-state index is 0.110. The van der Waals surface area contributed by atoms with Gasteiger partial charge in [-0.3, -0.25) is 14.5 Å². The molecule has 0 atom stereocenters. The van der Waals surface area contributed by atoms with Gasteiger partial charge < -0.3 is 16.0 Å². The van der Waals surface area contributed by atoms with Crippen LogP contribution in [-0.2, 0) is 9.59 Å². The standard InChI is InChI=1S/C15H30N4O2/c1-3-9-18(10-4-2)15(21)12-19(11-14(16)20)13-5-7-17-8-6-13/h13,17H,3-12H2,1-2H3,(H2,16,20). The lowest BCUT2D eigenvalue weighted by molar-refractivity contribution is -0.134. The lowest BCUT2D eigenvalue weighted by atomic mass is 10.0. The van der Waals surface area contributed by atoms with Gasteiger partial charge in [0.05, 0.1) is 13.1 Å². The van der Waals surface area contributed by atoms with Crippen molar-refractivity contribution in [1.29, 1.82) is 0 Å². The van der Waals surface area contributed by atoms with Crippen LogP contribution in [0.3, 0.4) is 0 Å². The van der Waals surface area contributed by atoms with Crippen LogP contribution in [-0.4, -0.2) is 66.9 Å². The zero-order valence-electron chi connectivity index (χ0n) is 13.4. The molecule has 0 aromatic heterocycles. The van der Waals surface area contributed by atoms with Crippen LogP contribution in [0.15, 0.2) is 0 Å². The van der Waals surface area contributed by atoms with Crippen molar-refractivity contribution in [2.45, 2.75) is 45.6 Å². The van der Waals surface area contributed by atoms with E-state index in [9.17, 15) is 9.59 Å². The molecule has 0 unspecified atom stereocenters. The van der Waals surface area contributed by atoms with E-state index in [4.69, 9.17) is 5.73 Å². The lowest BCUT2D eigenvalue weighted by Gasteiger charge is -2.34. The second-order valence-electron chi connectivity index (χ2n) is 5.73. The van der Waals surface area contributed by atoms with E-state index in [2.05, 4.69) is 19.2 Å². The fraction of sp³-hybridized carbons (Fsp3) is 0.867. The van der Waals surface area contributed by atoms with Gasteiger partial charge in [0.1, 0.15) is 0 Å². The molecule has 0 aliphatic carbocycles. The number of nitrogens with zero attached hydrogens (tertiary/aromatic N) is 2. The van der Waals surface area contributed by atoms with Gasteiger partial charge in [0.2, 0.25) is 11.8 Å². The van der Waals surface area contributed by atoms with Crippen LogP contribution in [0.1, 0.15) is 39.5 Å². The molecule has 21 heavy (non-hydrogen) atoms. The van der Waals surface area contributed by atoms with Crippen LogP contribution >= 0.6 is 0 Å². The molecular weight excluding hydrogens is 268 g/mol. The van der Waals surface area contributed by atoms with Crippen molar-refractivity contribution in [3.8, 4) is 0 Å². The molecule has 122 valence electrons. The Morgan fingerprint density at radius 2 is 1.67 bits per heavy atom. The molecule has 3 N–H and O–H groups in total. The summed E-state index contributed by atoms with van der Waals surface area (Å²) < 4.78 is 0. The molecule has 2 amide bonds. The van der Waals surface area contributed by atoms with Crippen LogP contribution < -0.4 is 11.1 Å². The number of nitrogens with two attached hydrogens (primary N) is 1. The fourth-order valence-corrected chi connectivity index (χ4v) is 2.86. The summed E-state index contributed by atoms with van der Waals surface area (Å²) in [5.74, 6) is -0.252. The molecule has 1 fully saturated rings. The van der Waals surface area contributed by atoms with E-state index in [1.807, 2.05) is 9.80 Å². The zero-order chi connectivity index (χ0) is 15.7. The van der Waals surface area contributed by atoms with Crippen molar-refractivity contribution in [3.63, 3.8) is 0 Å². The predicted molar refractivity (Wildman–Crippen MR) is 83.8 cm³/mol. The second kappa shape index (κ2) is 9.73. The summed E-state index contributed by atoms with van der Waals surface area (Å²) in [6.45, 7) is 8.04. The topological polar surface area (TPSA) is 78.7 Å². The third-order valence-electron chi connectivity index (χ3n) is 3.86. The van der Waals surface area contributed by atoms with Gasteiger partial charge in [-0.15, -0.1) is 0 Å². The summed E-state index contributed by atoms with van der Waals surface area (Å²) in [6.07, 6.45) is 3.83. The van der Waals surface area contributed by atoms with E-state index in [0.717, 1.165) is 51.9 Å². The number of carbonyl (C=O) groups excluding carboxylic acids is 2. The fourth-order valence-electron chi connectivity index (χ4n) is 2.86. The molecule has 1 saturated heterocycles. The molecule has 0 aromatic carbocycles. The number of primary amides is 1. The molecule has 0 bridgehead atoms. The quantitative estimate of drug-likeness (QED) is 0.636. The molecule has 1 aliphatic heterocycles. The van der Waals surface area contributed by atoms with Crippen molar-refractivity contribution in [2.24, 2.45) is 5.73 Å². The first-order valence-electron chi connectivity index (χ1n) is 8.09. The molecular formula is C15H30N4O2. The molecule has 1 heterocycles. The maximum Gasteiger partial charge on any atom is 0.236 e. The SMILES string of the molecule is CCCN(CCC)C(=O)CN(CC(N)=O)C1CCNCC1. The van der Waals surface area contributed by atoms with Crippen LogP contribution in [0.2, 0.25) is 0 Å². The van der Waals surface area contributed by atoms with E-state index in [1.165, 1.54) is 0 Å². The Morgan fingerprint density at radius 3 is 2.14 bits per heavy atom. The molecule has 0 aromatic rings. The van der Waals surface area contributed by atoms with Crippen LogP contribution in [0.5, 0.6) is 0 Å². The Balaban J connectivity index is 2.64. The van der Waals surface area contributed by atoms with Crippen molar-refractivity contribution in [3.05, 3.63) is 0 Å². The van der Waals surface area contributed by atoms with Crippen molar-refractivity contribution < 1.29 is 9.59 Å². The van der Waals surface area contributed by atoms with Gasteiger partial charge in [0.25, 0.3) is 0 Å². The van der Waals surface area contributed by atoms with Gasteiger partial charge in [0.15, 0.2) is 0 Å². The first kappa shape index (κ1) is 17.9. The van der Waals surface area contributed by atoms with Gasteiger partial charge in [-0.1, -0.05) is 13.8 Å². The Kier molecular flexibility index (Phi) is 8.30. The number of piperidine rings is 1. The highest BCUT2D eigenvalue weighted by Crippen LogP contribution is 2.12. The molecule has 0 spiro atoms. The number of amides is 2. The third kappa shape index (κ3) is 6.44. The summed E-state index contributed by atoms with van der Waals surface area (Å²) in [6, 6.07) is 0.271. The molecule has 6 nitrogen and oxygen atoms in total. The van der Waals surface area contributed by atoms with Gasteiger partial charge in [-0.2, -0.15) is 0 Å². The van der Waals surface area contributed by atoms with Crippen LogP contribution in [0.25, 0.3) is 0 Å². The Labute approximate surface area is 128 Å². The van der Waals surface area contributed by atoms with E-state index in [-0.39, 0.29) is 24.4 Å². The smallest absolute Gasteiger partial charge is 0.236 e. The normalized spacial score (nSPS) is 16.1. The molecule has 0 radical (unpaired) electrons. The first-order chi connectivity index (χ1) is 10.1. The van der Waals surface area contributed by atoms with E-state index < -0.39 is 0 Å². The van der Waals surface area contributed by atoms with E-state index in [0.29, 0.717) is 6.54 Å². The van der Waals surface area contributed by atoms with Crippen molar-refractivity contribution in [1.82, 2.24) is 15.1 Å². The largest absolute Gasteiger partial charge is 0.369 e. The zero-order valence-corrected chi connectivity index (χ0v) is 13.4. The number of hydrogen-bond acceptors (Lipinski definition) is 4. The molecule has 6 heteroatoms. The lowest BCUT2D eigenvalue weighted by Crippen LogP contribution is -2.51. The van der Waals surface area contributed by atoms with Crippen molar-refractivity contribution in [2.75, 3.05) is 39.3 Å². The summed E-state index contributed by atoms with van der Waals surface area (Å²) >= 11 is 0. The summed E-state index contributed by atoms with van der Waals surface area (Å²) in [5.41, 5.74) is 5.35. The number of hydrogen-bond donors (Lipinski definition) is 2. The highest BCUT2D eigenvalue weighted by molar-refractivity contribution is 5.80. The number of rotatable bonds is 9. The van der Waals surface area contributed by atoms with Crippen LogP contribution in [0.4, 0.5) is 0 Å². The Morgan fingerprint density at radius 1 is 1.10 bits per heavy atom. The maximum atomic E-state index is 12.5. The third-order valence-corrected chi connectivity index (χ3v) is 3.86. The summed E-state index contributed by atoms with van der Waals surface area (Å²) in [7, 11) is 0. The Bertz CT molecular complexity index is 324. The van der Waals surface area contributed by atoms with Gasteiger partial charge in [-0.05, 0) is 38.8 Å². The average molecular weight is 298 g/mol. The van der Waals surface area contributed by atoms with Gasteiger partial charge >= 0.3 is 0 Å². The highest BCUT2D eigenvalue weighted by Gasteiger charge is 2.25. The number of carbonyl (C=O) groups is 2. The van der Waals surface area contributed by atoms with E-state index in [1.54, 1.807) is 0 Å². The van der Waals surface area contributed by atoms with E-state index >= 15 is 0 Å². The monoisotopic (exact) mass is 298 g/mol. The summed E-state index contributed by atoms with van der Waals surface area (Å²) in [5, 5.41) is 3.30. The minimum Gasteiger partial charge on any atom is -0.369 e. The summed E-state index contributed by atoms with van der Waals surface area (Å²) in [4.78, 5) is 27.6. The molecule has 1 rings (SSSR count). The average Bonchev–Trinajstić information content (AvgIpc) is 2.46. The predicted octanol–water partition coefficient (Wildman–Crippen LogP) is 0.174. The minimum atomic E-state index is -0.362. The Hall–Kier alpha value is -1.14. The van der Waals surface area contributed by atoms with Gasteiger partial charge in [-0.25, -0.2) is 0 Å². The first-order valence-corrected chi connectivity index (χ1v) is 8.09. The van der Waals surface area contributed by atoms with Crippen molar-refractivity contribution >= 4 is 11.8 Å².